The summed E-state index contributed by atoms with van der Waals surface area (Å²) in [6.45, 7) is 6.19. The Morgan fingerprint density at radius 1 is 1.40 bits per heavy atom. The van der Waals surface area contributed by atoms with E-state index in [-0.39, 0.29) is 0 Å². The molecule has 2 unspecified atom stereocenters. The van der Waals surface area contributed by atoms with Gasteiger partial charge in [0.05, 0.1) is 6.10 Å². The standard InChI is InChI=1S/C17H26ClNO/c1-3-9-19-17(12-15-6-4-5-10-20-15)14-8-7-13(2)16(18)11-14/h7-8,11,15,17,19H,3-6,9-10,12H2,1-2H3. The fourth-order valence-corrected chi connectivity index (χ4v) is 2.93. The van der Waals surface area contributed by atoms with Gasteiger partial charge in [0.25, 0.3) is 0 Å². The van der Waals surface area contributed by atoms with Crippen LogP contribution in [0, 0.1) is 6.92 Å². The van der Waals surface area contributed by atoms with Crippen molar-refractivity contribution in [2.45, 2.75) is 58.1 Å². The van der Waals surface area contributed by atoms with Gasteiger partial charge in [0.15, 0.2) is 0 Å². The highest BCUT2D eigenvalue weighted by Gasteiger charge is 2.20. The van der Waals surface area contributed by atoms with Crippen molar-refractivity contribution < 1.29 is 4.74 Å². The van der Waals surface area contributed by atoms with Crippen molar-refractivity contribution in [3.8, 4) is 0 Å². The summed E-state index contributed by atoms with van der Waals surface area (Å²) in [6.07, 6.45) is 6.25. The lowest BCUT2D eigenvalue weighted by molar-refractivity contribution is 0.00505. The van der Waals surface area contributed by atoms with Crippen molar-refractivity contribution in [1.29, 1.82) is 0 Å². The summed E-state index contributed by atoms with van der Waals surface area (Å²) in [5.41, 5.74) is 2.42. The lowest BCUT2D eigenvalue weighted by atomic mass is 9.96. The molecule has 0 aliphatic carbocycles. The van der Waals surface area contributed by atoms with E-state index >= 15 is 0 Å². The van der Waals surface area contributed by atoms with Crippen LogP contribution in [0.25, 0.3) is 0 Å². The quantitative estimate of drug-likeness (QED) is 0.825. The van der Waals surface area contributed by atoms with Crippen molar-refractivity contribution in [3.63, 3.8) is 0 Å². The molecule has 0 bridgehead atoms. The van der Waals surface area contributed by atoms with Crippen LogP contribution in [0.4, 0.5) is 0 Å². The molecular weight excluding hydrogens is 270 g/mol. The second-order valence-corrected chi connectivity index (χ2v) is 6.15. The summed E-state index contributed by atoms with van der Waals surface area (Å²) in [5.74, 6) is 0. The topological polar surface area (TPSA) is 21.3 Å². The molecule has 1 aliphatic heterocycles. The van der Waals surface area contributed by atoms with Crippen LogP contribution in [0.5, 0.6) is 0 Å². The van der Waals surface area contributed by atoms with Gasteiger partial charge in [-0.3, -0.25) is 0 Å². The van der Waals surface area contributed by atoms with Gasteiger partial charge in [0.2, 0.25) is 0 Å². The Kier molecular flexibility index (Phi) is 6.34. The largest absolute Gasteiger partial charge is 0.378 e. The van der Waals surface area contributed by atoms with Crippen LogP contribution < -0.4 is 5.32 Å². The van der Waals surface area contributed by atoms with Crippen molar-refractivity contribution in [3.05, 3.63) is 34.3 Å². The minimum Gasteiger partial charge on any atom is -0.378 e. The van der Waals surface area contributed by atoms with Crippen LogP contribution in [0.3, 0.4) is 0 Å². The van der Waals surface area contributed by atoms with E-state index < -0.39 is 0 Å². The number of ether oxygens (including phenoxy) is 1. The first-order chi connectivity index (χ1) is 9.70. The summed E-state index contributed by atoms with van der Waals surface area (Å²) in [4.78, 5) is 0. The molecule has 0 aromatic heterocycles. The first-order valence-corrected chi connectivity index (χ1v) is 8.19. The van der Waals surface area contributed by atoms with Crippen LogP contribution in [0.1, 0.15) is 56.2 Å². The fourth-order valence-electron chi connectivity index (χ4n) is 2.74. The third-order valence-electron chi connectivity index (χ3n) is 4.01. The third-order valence-corrected chi connectivity index (χ3v) is 4.42. The Morgan fingerprint density at radius 3 is 2.90 bits per heavy atom. The number of rotatable bonds is 6. The maximum atomic E-state index is 6.28. The Labute approximate surface area is 127 Å². The summed E-state index contributed by atoms with van der Waals surface area (Å²) in [7, 11) is 0. The maximum Gasteiger partial charge on any atom is 0.0593 e. The number of hydrogen-bond acceptors (Lipinski definition) is 2. The molecular formula is C17H26ClNO. The Bertz CT molecular complexity index is 415. The first kappa shape index (κ1) is 15.8. The number of aryl methyl sites for hydroxylation is 1. The smallest absolute Gasteiger partial charge is 0.0593 e. The molecule has 0 amide bonds. The molecule has 1 aromatic carbocycles. The van der Waals surface area contributed by atoms with Gasteiger partial charge in [0, 0.05) is 17.7 Å². The highest BCUT2D eigenvalue weighted by molar-refractivity contribution is 6.31. The van der Waals surface area contributed by atoms with Gasteiger partial charge in [-0.05, 0) is 62.8 Å². The molecule has 1 saturated heterocycles. The molecule has 3 heteroatoms. The maximum absolute atomic E-state index is 6.28. The van der Waals surface area contributed by atoms with E-state index in [0.29, 0.717) is 12.1 Å². The molecule has 1 aliphatic rings. The normalized spacial score (nSPS) is 20.9. The Morgan fingerprint density at radius 2 is 2.25 bits per heavy atom. The van der Waals surface area contributed by atoms with E-state index in [1.807, 2.05) is 6.92 Å². The van der Waals surface area contributed by atoms with Crippen LogP contribution in [0.2, 0.25) is 5.02 Å². The van der Waals surface area contributed by atoms with Gasteiger partial charge < -0.3 is 10.1 Å². The van der Waals surface area contributed by atoms with E-state index in [1.165, 1.54) is 24.8 Å². The van der Waals surface area contributed by atoms with Gasteiger partial charge in [-0.15, -0.1) is 0 Å². The summed E-state index contributed by atoms with van der Waals surface area (Å²) in [6, 6.07) is 6.75. The zero-order chi connectivity index (χ0) is 14.4. The molecule has 1 N–H and O–H groups in total. The van der Waals surface area contributed by atoms with Gasteiger partial charge in [-0.25, -0.2) is 0 Å². The summed E-state index contributed by atoms with van der Waals surface area (Å²) in [5, 5.41) is 4.50. The second kappa shape index (κ2) is 8.02. The predicted molar refractivity (Wildman–Crippen MR) is 85.4 cm³/mol. The molecule has 20 heavy (non-hydrogen) atoms. The van der Waals surface area contributed by atoms with Crippen molar-refractivity contribution in [2.24, 2.45) is 0 Å². The van der Waals surface area contributed by atoms with E-state index in [1.54, 1.807) is 0 Å². The van der Waals surface area contributed by atoms with Crippen LogP contribution in [-0.2, 0) is 4.74 Å². The van der Waals surface area contributed by atoms with Crippen molar-refractivity contribution in [1.82, 2.24) is 5.32 Å². The predicted octanol–water partition coefficient (Wildman–Crippen LogP) is 4.65. The van der Waals surface area contributed by atoms with E-state index in [9.17, 15) is 0 Å². The van der Waals surface area contributed by atoms with Crippen LogP contribution >= 0.6 is 11.6 Å². The lowest BCUT2D eigenvalue weighted by Gasteiger charge is -2.28. The van der Waals surface area contributed by atoms with E-state index in [0.717, 1.165) is 36.6 Å². The molecule has 0 radical (unpaired) electrons. The minimum atomic E-state index is 0.344. The molecule has 0 spiro atoms. The number of halogens is 1. The molecule has 2 atom stereocenters. The molecule has 2 nitrogen and oxygen atoms in total. The Balaban J connectivity index is 2.06. The average molecular weight is 296 g/mol. The number of benzene rings is 1. The Hall–Kier alpha value is -0.570. The molecule has 2 rings (SSSR count). The van der Waals surface area contributed by atoms with Gasteiger partial charge in [0.1, 0.15) is 0 Å². The van der Waals surface area contributed by atoms with Crippen LogP contribution in [-0.4, -0.2) is 19.3 Å². The molecule has 112 valence electrons. The zero-order valence-corrected chi connectivity index (χ0v) is 13.4. The third kappa shape index (κ3) is 4.47. The zero-order valence-electron chi connectivity index (χ0n) is 12.6. The number of hydrogen-bond donors (Lipinski definition) is 1. The van der Waals surface area contributed by atoms with Gasteiger partial charge in [-0.2, -0.15) is 0 Å². The molecule has 0 saturated carbocycles. The molecule has 1 fully saturated rings. The van der Waals surface area contributed by atoms with E-state index in [4.69, 9.17) is 16.3 Å². The lowest BCUT2D eigenvalue weighted by Crippen LogP contribution is -2.29. The first-order valence-electron chi connectivity index (χ1n) is 7.81. The summed E-state index contributed by atoms with van der Waals surface area (Å²) >= 11 is 6.28. The van der Waals surface area contributed by atoms with Gasteiger partial charge >= 0.3 is 0 Å². The highest BCUT2D eigenvalue weighted by Crippen LogP contribution is 2.27. The highest BCUT2D eigenvalue weighted by atomic mass is 35.5. The second-order valence-electron chi connectivity index (χ2n) is 5.74. The van der Waals surface area contributed by atoms with Gasteiger partial charge in [-0.1, -0.05) is 30.7 Å². The fraction of sp³-hybridized carbons (Fsp3) is 0.647. The van der Waals surface area contributed by atoms with E-state index in [2.05, 4.69) is 30.4 Å². The average Bonchev–Trinajstić information content (AvgIpc) is 2.47. The number of nitrogens with one attached hydrogen (secondary N) is 1. The van der Waals surface area contributed by atoms with Crippen LogP contribution in [0.15, 0.2) is 18.2 Å². The molecule has 1 aromatic rings. The SMILES string of the molecule is CCCNC(CC1CCCCO1)c1ccc(C)c(Cl)c1. The van der Waals surface area contributed by atoms with Crippen molar-refractivity contribution in [2.75, 3.05) is 13.2 Å². The summed E-state index contributed by atoms with van der Waals surface area (Å²) < 4.78 is 5.89. The minimum absolute atomic E-state index is 0.344. The molecule has 1 heterocycles. The monoisotopic (exact) mass is 295 g/mol. The van der Waals surface area contributed by atoms with Crippen molar-refractivity contribution >= 4 is 11.6 Å².